The fraction of sp³-hybridized carbons (Fsp3) is 0. The molecular weight excluding hydrogens is 830 g/mol. The molecule has 71 heavy (non-hydrogen) atoms. The number of hydrogen-bond donors (Lipinski definition) is 0. The molecule has 7 aromatic carbocycles. The van der Waals surface area contributed by atoms with Gasteiger partial charge in [-0.25, -0.2) is 0 Å². The van der Waals surface area contributed by atoms with E-state index in [0.717, 1.165) is 0 Å². The molecule has 10 rings (SSSR count). The smallest absolute Gasteiger partial charge is 0.129 e. The van der Waals surface area contributed by atoms with Gasteiger partial charge in [0, 0.05) is 38.5 Å². The van der Waals surface area contributed by atoms with Crippen LogP contribution in [0.5, 0.6) is 0 Å². The van der Waals surface area contributed by atoms with E-state index in [9.17, 15) is 0 Å². The van der Waals surface area contributed by atoms with Gasteiger partial charge in [-0.05, 0) is 27.3 Å². The molecular formula is C42B26N2O. The number of hydrogen-bond acceptors (Lipinski definition) is 1. The van der Waals surface area contributed by atoms with E-state index in [1.807, 2.05) is 0 Å². The molecule has 0 aliphatic carbocycles. The SMILES string of the molecule is [B]c1c([B])c([B])c(-c2c([B])c([B])c3oc4c([B])c([B])c([B])c([B])c4c3c2-n2c3c([B])c([B])c([B])c([B])c3c3c([B])c(-n4c5c([B])c([B])c([B])c([B])c5c5c([B])c([B])c([B])c([B])c54)c([B])c([B])c32)c([B])c1[B]. The quantitative estimate of drug-likeness (QED) is 0.163. The minimum absolute atomic E-state index is 0.0208. The Morgan fingerprint density at radius 2 is 0.437 bits per heavy atom. The molecule has 0 bridgehead atoms. The van der Waals surface area contributed by atoms with Crippen molar-refractivity contribution in [2.24, 2.45) is 0 Å². The second kappa shape index (κ2) is 16.6. The summed E-state index contributed by atoms with van der Waals surface area (Å²) in [6.45, 7) is 0. The standard InChI is InChI=1S/C42B26N2O/c43-9-1(10(44)18(52)23(57)17(9)51)2-14(48)33(67)42-8(7-15(49)22(56)27(61)34(68)41(7)71-42)35(2)69-36-5(13(47)21(55)24(58)28(36)62)6-16(50)40(32(66)31(65)39(6)69)70-37-3(11(45)19(53)25(59)29(37)63)4-12(46)20(54)26(60)30(64)38(4)70. The number of rotatable bonds is 3. The second-order valence-electron chi connectivity index (χ2n) is 17.3. The minimum atomic E-state index is -0.253. The second-order valence-corrected chi connectivity index (χ2v) is 17.3. The number of furan rings is 1. The summed E-state index contributed by atoms with van der Waals surface area (Å²) in [7, 11) is 176. The average molecular weight is 830 g/mol. The van der Waals surface area contributed by atoms with E-state index in [2.05, 4.69) is 0 Å². The monoisotopic (exact) mass is 834 g/mol. The zero-order valence-electron chi connectivity index (χ0n) is 37.3. The highest BCUT2D eigenvalue weighted by Crippen LogP contribution is 2.39. The van der Waals surface area contributed by atoms with Crippen molar-refractivity contribution in [2.45, 2.75) is 0 Å². The summed E-state index contributed by atoms with van der Waals surface area (Å²) in [6.07, 6.45) is 0. The summed E-state index contributed by atoms with van der Waals surface area (Å²) in [4.78, 5) is 0. The van der Waals surface area contributed by atoms with Gasteiger partial charge in [-0.1, -0.05) is 81.9 Å². The van der Waals surface area contributed by atoms with E-state index >= 15 is 0 Å². The third kappa shape index (κ3) is 6.16. The first-order chi connectivity index (χ1) is 33.2. The molecule has 3 heterocycles. The fourth-order valence-electron chi connectivity index (χ4n) is 10.0. The lowest BCUT2D eigenvalue weighted by Gasteiger charge is -2.28. The van der Waals surface area contributed by atoms with Crippen LogP contribution in [0.15, 0.2) is 4.42 Å². The van der Waals surface area contributed by atoms with E-state index in [1.165, 1.54) is 9.13 Å². The zero-order chi connectivity index (χ0) is 52.1. The summed E-state index contributed by atoms with van der Waals surface area (Å²) in [5, 5.41) is 0.471. The molecule has 0 saturated heterocycles. The lowest BCUT2D eigenvalue weighted by Crippen LogP contribution is -2.55. The first-order valence-corrected chi connectivity index (χ1v) is 20.8. The summed E-state index contributed by atoms with van der Waals surface area (Å²) in [6, 6.07) is 0. The van der Waals surface area contributed by atoms with Gasteiger partial charge in [0.15, 0.2) is 0 Å². The Morgan fingerprint density at radius 1 is 0.183 bits per heavy atom. The summed E-state index contributed by atoms with van der Waals surface area (Å²) in [5.41, 5.74) is -4.27. The lowest BCUT2D eigenvalue weighted by atomic mass is 9.58. The third-order valence-corrected chi connectivity index (χ3v) is 13.8. The maximum Gasteiger partial charge on any atom is 0.129 e. The predicted molar refractivity (Wildman–Crippen MR) is 328 cm³/mol. The molecule has 52 radical (unpaired) electrons. The van der Waals surface area contributed by atoms with Gasteiger partial charge in [-0.15, -0.1) is 60.1 Å². The molecule has 0 amide bonds. The number of nitrogens with zero attached hydrogens (tertiary/aromatic N) is 2. The van der Waals surface area contributed by atoms with Gasteiger partial charge in [0.25, 0.3) is 0 Å². The zero-order valence-corrected chi connectivity index (χ0v) is 37.3. The van der Waals surface area contributed by atoms with Crippen molar-refractivity contribution in [3.63, 3.8) is 0 Å². The molecule has 3 aromatic heterocycles. The third-order valence-electron chi connectivity index (χ3n) is 13.8. The normalized spacial score (nSPS) is 12.0. The molecule has 0 aliphatic heterocycles. The van der Waals surface area contributed by atoms with Gasteiger partial charge >= 0.3 is 0 Å². The van der Waals surface area contributed by atoms with Gasteiger partial charge < -0.3 is 13.6 Å². The van der Waals surface area contributed by atoms with Crippen molar-refractivity contribution >= 4 is 412 Å². The Kier molecular flexibility index (Phi) is 11.7. The summed E-state index contributed by atoms with van der Waals surface area (Å²) >= 11 is 0. The molecule has 3 nitrogen and oxygen atoms in total. The van der Waals surface area contributed by atoms with Crippen molar-refractivity contribution in [1.82, 2.24) is 9.13 Å². The molecule has 0 N–H and O–H groups in total. The predicted octanol–water partition coefficient (Wildman–Crippen LogP) is -19.9. The van der Waals surface area contributed by atoms with Crippen molar-refractivity contribution in [3.05, 3.63) is 0 Å². The van der Waals surface area contributed by atoms with E-state index in [1.54, 1.807) is 0 Å². The average Bonchev–Trinajstić information content (AvgIpc) is 4.03. The largest absolute Gasteiger partial charge is 0.457 e. The van der Waals surface area contributed by atoms with Gasteiger partial charge in [0.2, 0.25) is 0 Å². The van der Waals surface area contributed by atoms with Crippen LogP contribution in [0.2, 0.25) is 0 Å². The topological polar surface area (TPSA) is 23.0 Å². The fourth-order valence-corrected chi connectivity index (χ4v) is 10.0. The maximum absolute atomic E-state index is 7.50. The molecule has 0 spiro atoms. The maximum atomic E-state index is 7.50. The molecule has 262 valence electrons. The van der Waals surface area contributed by atoms with Gasteiger partial charge in [0.05, 0.1) is 11.1 Å². The van der Waals surface area contributed by atoms with Crippen LogP contribution in [0.3, 0.4) is 0 Å². The highest BCUT2D eigenvalue weighted by molar-refractivity contribution is 6.75. The van der Waals surface area contributed by atoms with Crippen LogP contribution in [0, 0.1) is 0 Å². The first kappa shape index (κ1) is 50.2. The van der Waals surface area contributed by atoms with Crippen LogP contribution in [0.4, 0.5) is 0 Å². The van der Waals surface area contributed by atoms with Crippen LogP contribution in [-0.4, -0.2) is 213 Å². The molecule has 0 fully saturated rings. The number of fused-ring (bicyclic) bond motifs is 9. The lowest BCUT2D eigenvalue weighted by molar-refractivity contribution is 0.674. The Labute approximate surface area is 444 Å². The molecule has 0 aliphatic rings. The van der Waals surface area contributed by atoms with Crippen LogP contribution in [-0.2, 0) is 0 Å². The van der Waals surface area contributed by atoms with E-state index in [4.69, 9.17) is 208 Å². The minimum Gasteiger partial charge on any atom is -0.457 e. The van der Waals surface area contributed by atoms with Crippen molar-refractivity contribution in [1.29, 1.82) is 0 Å². The van der Waals surface area contributed by atoms with Crippen LogP contribution >= 0.6 is 0 Å². The Balaban J connectivity index is 1.57. The van der Waals surface area contributed by atoms with Crippen LogP contribution < -0.4 is 142 Å². The van der Waals surface area contributed by atoms with Crippen molar-refractivity contribution in [3.8, 4) is 22.5 Å². The number of benzene rings is 7. The van der Waals surface area contributed by atoms with E-state index in [0.29, 0.717) is 0 Å². The van der Waals surface area contributed by atoms with Crippen molar-refractivity contribution in [2.75, 3.05) is 0 Å². The van der Waals surface area contributed by atoms with Crippen molar-refractivity contribution < 1.29 is 4.42 Å². The molecule has 10 aromatic rings. The summed E-state index contributed by atoms with van der Waals surface area (Å²) in [5.74, 6) is 0. The Hall–Kier alpha value is -4.37. The molecule has 0 saturated carbocycles. The number of aromatic nitrogens is 2. The van der Waals surface area contributed by atoms with Crippen LogP contribution in [0.1, 0.15) is 0 Å². The Morgan fingerprint density at radius 3 is 0.845 bits per heavy atom. The summed E-state index contributed by atoms with van der Waals surface area (Å²) < 4.78 is 9.34. The van der Waals surface area contributed by atoms with Crippen LogP contribution in [0.25, 0.3) is 88.1 Å². The molecule has 0 unspecified atom stereocenters. The molecule has 0 atom stereocenters. The highest BCUT2D eigenvalue weighted by Gasteiger charge is 2.33. The molecule has 29 heteroatoms. The van der Waals surface area contributed by atoms with Gasteiger partial charge in [-0.2, -0.15) is 0 Å². The van der Waals surface area contributed by atoms with E-state index < -0.39 is 0 Å². The van der Waals surface area contributed by atoms with E-state index in [-0.39, 0.29) is 230 Å². The van der Waals surface area contributed by atoms with Gasteiger partial charge in [-0.3, -0.25) is 0 Å². The first-order valence-electron chi connectivity index (χ1n) is 20.8. The Bertz CT molecular complexity index is 4140. The van der Waals surface area contributed by atoms with Gasteiger partial charge in [0.1, 0.15) is 215 Å². The highest BCUT2D eigenvalue weighted by atomic mass is 16.3.